The molecule has 9 nitrogen and oxygen atoms in total. The SMILES string of the molecule is COCOc1ccc(C(=O)Nc2ccc3nc(C(=O)N4C[C@@H](CCl)c5c4cc(O)c4cccc(C)c54)cn3c2)cc1. The number of phenols is 1. The summed E-state index contributed by atoms with van der Waals surface area (Å²) in [4.78, 5) is 32.7. The Bertz CT molecular complexity index is 1800. The number of anilines is 2. The number of amides is 2. The average Bonchev–Trinajstić information content (AvgIpc) is 3.57. The molecular weight excluding hydrogens is 544 g/mol. The molecule has 0 bridgehead atoms. The standard InChI is InChI=1S/C31H27ClN4O5/c1-18-4-3-5-23-26(37)12-25-29(28(18)23)20(13-32)14-36(25)31(39)24-16-35-15-21(8-11-27(35)34-24)33-30(38)19-6-9-22(10-7-19)41-17-40-2/h3-12,15-16,20,37H,13-14,17H2,1-2H3,(H,33,38)/t20-/m1/s1. The minimum absolute atomic E-state index is 0.0840. The Morgan fingerprint density at radius 2 is 1.93 bits per heavy atom. The zero-order valence-electron chi connectivity index (χ0n) is 22.4. The van der Waals surface area contributed by atoms with Crippen molar-refractivity contribution in [1.82, 2.24) is 9.38 Å². The van der Waals surface area contributed by atoms with Gasteiger partial charge in [-0.2, -0.15) is 0 Å². The quantitative estimate of drug-likeness (QED) is 0.191. The van der Waals surface area contributed by atoms with Crippen molar-refractivity contribution in [3.63, 3.8) is 0 Å². The molecule has 0 spiro atoms. The van der Waals surface area contributed by atoms with Gasteiger partial charge < -0.3 is 29.2 Å². The lowest BCUT2D eigenvalue weighted by molar-refractivity contribution is 0.0511. The first kappa shape index (κ1) is 26.6. The average molecular weight is 571 g/mol. The molecule has 6 rings (SSSR count). The number of halogens is 1. The Morgan fingerprint density at radius 3 is 2.68 bits per heavy atom. The fraction of sp³-hybridized carbons (Fsp3) is 0.194. The van der Waals surface area contributed by atoms with Crippen LogP contribution in [-0.4, -0.2) is 52.6 Å². The molecule has 5 aromatic rings. The molecule has 1 aliphatic heterocycles. The second-order valence-electron chi connectivity index (χ2n) is 9.93. The van der Waals surface area contributed by atoms with Crippen molar-refractivity contribution in [3.8, 4) is 11.5 Å². The zero-order chi connectivity index (χ0) is 28.7. The van der Waals surface area contributed by atoms with Crippen LogP contribution in [-0.2, 0) is 4.74 Å². The number of rotatable bonds is 7. The van der Waals surface area contributed by atoms with E-state index in [9.17, 15) is 14.7 Å². The van der Waals surface area contributed by atoms with Gasteiger partial charge in [-0.05, 0) is 59.8 Å². The van der Waals surface area contributed by atoms with Crippen molar-refractivity contribution >= 4 is 51.2 Å². The number of aryl methyl sites for hydroxylation is 1. The molecule has 3 heterocycles. The van der Waals surface area contributed by atoms with Gasteiger partial charge in [0.05, 0.1) is 11.4 Å². The van der Waals surface area contributed by atoms with Crippen LogP contribution < -0.4 is 15.0 Å². The largest absolute Gasteiger partial charge is 0.507 e. The number of hydrogen-bond donors (Lipinski definition) is 2. The van der Waals surface area contributed by atoms with Gasteiger partial charge in [-0.1, -0.05) is 18.2 Å². The van der Waals surface area contributed by atoms with Gasteiger partial charge in [0.1, 0.15) is 22.8 Å². The summed E-state index contributed by atoms with van der Waals surface area (Å²) in [5, 5.41) is 15.3. The van der Waals surface area contributed by atoms with Gasteiger partial charge >= 0.3 is 0 Å². The number of carbonyl (C=O) groups is 2. The summed E-state index contributed by atoms with van der Waals surface area (Å²) in [7, 11) is 1.54. The van der Waals surface area contributed by atoms with Gasteiger partial charge in [-0.15, -0.1) is 11.6 Å². The van der Waals surface area contributed by atoms with Crippen LogP contribution in [0.2, 0.25) is 0 Å². The predicted octanol–water partition coefficient (Wildman–Crippen LogP) is 5.72. The van der Waals surface area contributed by atoms with E-state index in [4.69, 9.17) is 21.1 Å². The number of phenolic OH excluding ortho intramolecular Hbond substituents is 1. The molecule has 0 fully saturated rings. The van der Waals surface area contributed by atoms with Crippen molar-refractivity contribution < 1.29 is 24.2 Å². The maximum absolute atomic E-state index is 13.8. The number of nitrogens with zero attached hydrogens (tertiary/aromatic N) is 3. The van der Waals surface area contributed by atoms with E-state index in [1.165, 1.54) is 7.11 Å². The topological polar surface area (TPSA) is 105 Å². The smallest absolute Gasteiger partial charge is 0.278 e. The Labute approximate surface area is 240 Å². The third-order valence-electron chi connectivity index (χ3n) is 7.29. The molecule has 1 aliphatic rings. The van der Waals surface area contributed by atoms with Gasteiger partial charge in [-0.3, -0.25) is 9.59 Å². The van der Waals surface area contributed by atoms with Crippen LogP contribution in [0.3, 0.4) is 0 Å². The minimum atomic E-state index is -0.295. The molecule has 3 aromatic carbocycles. The van der Waals surface area contributed by atoms with Gasteiger partial charge in [-0.25, -0.2) is 4.98 Å². The van der Waals surface area contributed by atoms with E-state index in [0.717, 1.165) is 21.9 Å². The molecular formula is C31H27ClN4O5. The lowest BCUT2D eigenvalue weighted by Gasteiger charge is -2.17. The van der Waals surface area contributed by atoms with Crippen molar-refractivity contribution in [3.05, 3.63) is 95.4 Å². The maximum atomic E-state index is 13.8. The van der Waals surface area contributed by atoms with Crippen LogP contribution in [0.1, 0.15) is 37.9 Å². The fourth-order valence-corrected chi connectivity index (χ4v) is 5.61. The lowest BCUT2D eigenvalue weighted by Crippen LogP contribution is -2.30. The number of hydrogen-bond acceptors (Lipinski definition) is 6. The van der Waals surface area contributed by atoms with Crippen LogP contribution in [0.4, 0.5) is 11.4 Å². The number of alkyl halides is 1. The van der Waals surface area contributed by atoms with E-state index in [2.05, 4.69) is 10.3 Å². The van der Waals surface area contributed by atoms with E-state index in [1.54, 1.807) is 64.2 Å². The molecule has 2 amide bonds. The van der Waals surface area contributed by atoms with Gasteiger partial charge in [0, 0.05) is 54.9 Å². The van der Waals surface area contributed by atoms with Gasteiger partial charge in [0.2, 0.25) is 0 Å². The molecule has 2 N–H and O–H groups in total. The Morgan fingerprint density at radius 1 is 1.12 bits per heavy atom. The molecule has 0 saturated carbocycles. The van der Waals surface area contributed by atoms with E-state index < -0.39 is 0 Å². The number of nitrogens with one attached hydrogen (secondary N) is 1. The van der Waals surface area contributed by atoms with E-state index >= 15 is 0 Å². The van der Waals surface area contributed by atoms with Crippen LogP contribution in [0.15, 0.2) is 73.1 Å². The minimum Gasteiger partial charge on any atom is -0.507 e. The van der Waals surface area contributed by atoms with E-state index in [-0.39, 0.29) is 36.0 Å². The number of aromatic nitrogens is 2. The van der Waals surface area contributed by atoms with Crippen LogP contribution in [0.25, 0.3) is 16.4 Å². The number of fused-ring (bicyclic) bond motifs is 4. The number of carbonyl (C=O) groups excluding carboxylic acids is 2. The van der Waals surface area contributed by atoms with E-state index in [1.807, 2.05) is 25.1 Å². The normalized spacial score (nSPS) is 14.4. The molecule has 2 aromatic heterocycles. The second-order valence-corrected chi connectivity index (χ2v) is 10.2. The molecule has 41 heavy (non-hydrogen) atoms. The fourth-order valence-electron chi connectivity index (χ4n) is 5.36. The van der Waals surface area contributed by atoms with Crippen molar-refractivity contribution in [2.24, 2.45) is 0 Å². The van der Waals surface area contributed by atoms with Gasteiger partial charge in [0.15, 0.2) is 6.79 Å². The number of methoxy groups -OCH3 is 1. The Hall–Kier alpha value is -4.60. The summed E-state index contributed by atoms with van der Waals surface area (Å²) in [5.74, 6) is 0.375. The summed E-state index contributed by atoms with van der Waals surface area (Å²) in [6, 6.07) is 17.6. The highest BCUT2D eigenvalue weighted by Crippen LogP contribution is 2.46. The van der Waals surface area contributed by atoms with Crippen molar-refractivity contribution in [2.75, 3.05) is 36.5 Å². The molecule has 0 saturated heterocycles. The summed E-state index contributed by atoms with van der Waals surface area (Å²) < 4.78 is 11.9. The number of imidazole rings is 1. The molecule has 0 radical (unpaired) electrons. The first-order chi connectivity index (χ1) is 19.9. The highest BCUT2D eigenvalue weighted by molar-refractivity contribution is 6.19. The summed E-state index contributed by atoms with van der Waals surface area (Å²) in [6.07, 6.45) is 3.34. The van der Waals surface area contributed by atoms with Crippen molar-refractivity contribution in [1.29, 1.82) is 0 Å². The number of pyridine rings is 1. The highest BCUT2D eigenvalue weighted by atomic mass is 35.5. The third-order valence-corrected chi connectivity index (χ3v) is 7.66. The van der Waals surface area contributed by atoms with Crippen LogP contribution in [0.5, 0.6) is 11.5 Å². The molecule has 0 unspecified atom stereocenters. The predicted molar refractivity (Wildman–Crippen MR) is 158 cm³/mol. The highest BCUT2D eigenvalue weighted by Gasteiger charge is 2.36. The second kappa shape index (κ2) is 10.8. The third kappa shape index (κ3) is 4.83. The Balaban J connectivity index is 1.26. The summed E-state index contributed by atoms with van der Waals surface area (Å²) in [6.45, 7) is 2.50. The lowest BCUT2D eigenvalue weighted by atomic mass is 9.92. The first-order valence-corrected chi connectivity index (χ1v) is 13.6. The van der Waals surface area contributed by atoms with Crippen LogP contribution in [0, 0.1) is 6.92 Å². The summed E-state index contributed by atoms with van der Waals surface area (Å²) in [5.41, 5.74) is 4.41. The van der Waals surface area contributed by atoms with Crippen molar-refractivity contribution in [2.45, 2.75) is 12.8 Å². The first-order valence-electron chi connectivity index (χ1n) is 13.0. The van der Waals surface area contributed by atoms with Gasteiger partial charge in [0.25, 0.3) is 11.8 Å². The zero-order valence-corrected chi connectivity index (χ0v) is 23.2. The molecule has 1 atom stereocenters. The van der Waals surface area contributed by atoms with E-state index in [0.29, 0.717) is 40.8 Å². The molecule has 10 heteroatoms. The number of aromatic hydroxyl groups is 1. The monoisotopic (exact) mass is 570 g/mol. The number of ether oxygens (including phenoxy) is 2. The molecule has 0 aliphatic carbocycles. The molecule has 208 valence electrons. The summed E-state index contributed by atoms with van der Waals surface area (Å²) >= 11 is 6.37. The Kier molecular flexibility index (Phi) is 6.98. The maximum Gasteiger partial charge on any atom is 0.278 e. The van der Waals surface area contributed by atoms with Crippen LogP contribution >= 0.6 is 11.6 Å². The number of benzene rings is 3.